The minimum atomic E-state index is 0.0120. The van der Waals surface area contributed by atoms with Crippen molar-refractivity contribution in [3.63, 3.8) is 0 Å². The quantitative estimate of drug-likeness (QED) is 0.761. The zero-order chi connectivity index (χ0) is 14.3. The molecule has 1 fully saturated rings. The highest BCUT2D eigenvalue weighted by molar-refractivity contribution is 5.74. The van der Waals surface area contributed by atoms with E-state index in [4.69, 9.17) is 5.11 Å². The summed E-state index contributed by atoms with van der Waals surface area (Å²) in [7, 11) is 0. The van der Waals surface area contributed by atoms with Gasteiger partial charge < -0.3 is 15.3 Å². The molecule has 19 heavy (non-hydrogen) atoms. The van der Waals surface area contributed by atoms with Gasteiger partial charge in [0.2, 0.25) is 0 Å². The number of nitrogens with zero attached hydrogens (tertiary/aromatic N) is 2. The van der Waals surface area contributed by atoms with Crippen LogP contribution in [0.4, 0.5) is 4.79 Å². The van der Waals surface area contributed by atoms with Crippen molar-refractivity contribution in [1.29, 1.82) is 0 Å². The predicted molar refractivity (Wildman–Crippen MR) is 77.2 cm³/mol. The molecule has 1 rings (SSSR count). The molecule has 0 aromatic rings. The van der Waals surface area contributed by atoms with Gasteiger partial charge >= 0.3 is 6.03 Å². The zero-order valence-corrected chi connectivity index (χ0v) is 12.6. The van der Waals surface area contributed by atoms with Gasteiger partial charge in [0, 0.05) is 38.8 Å². The monoisotopic (exact) mass is 271 g/mol. The number of aliphatic hydroxyl groups excluding tert-OH is 1. The molecule has 0 spiro atoms. The molecule has 2 N–H and O–H groups in total. The van der Waals surface area contributed by atoms with Gasteiger partial charge in [0.25, 0.3) is 0 Å². The number of carbonyl (C=O) groups is 1. The highest BCUT2D eigenvalue weighted by Gasteiger charge is 2.22. The van der Waals surface area contributed by atoms with E-state index < -0.39 is 0 Å². The largest absolute Gasteiger partial charge is 0.396 e. The third-order valence-electron chi connectivity index (χ3n) is 3.88. The molecule has 0 saturated carbocycles. The third-order valence-corrected chi connectivity index (χ3v) is 3.88. The average Bonchev–Trinajstić information content (AvgIpc) is 2.43. The topological polar surface area (TPSA) is 55.8 Å². The molecule has 2 amide bonds. The van der Waals surface area contributed by atoms with Gasteiger partial charge in [0.05, 0.1) is 0 Å². The lowest BCUT2D eigenvalue weighted by atomic mass is 9.99. The SMILES string of the molecule is CCN(CCNC(=O)N1CCCC(CO)C1)C(C)C. The number of hydrogen-bond acceptors (Lipinski definition) is 3. The number of carbonyl (C=O) groups excluding carboxylic acids is 1. The summed E-state index contributed by atoms with van der Waals surface area (Å²) in [5.74, 6) is 0.252. The van der Waals surface area contributed by atoms with E-state index in [0.717, 1.165) is 32.5 Å². The number of nitrogens with one attached hydrogen (secondary N) is 1. The molecule has 1 atom stereocenters. The molecule has 1 saturated heterocycles. The van der Waals surface area contributed by atoms with Gasteiger partial charge in [-0.3, -0.25) is 4.90 Å². The maximum Gasteiger partial charge on any atom is 0.317 e. The van der Waals surface area contributed by atoms with Crippen LogP contribution in [0.1, 0.15) is 33.6 Å². The van der Waals surface area contributed by atoms with Crippen LogP contribution in [0.3, 0.4) is 0 Å². The van der Waals surface area contributed by atoms with E-state index in [1.165, 1.54) is 0 Å². The normalized spacial score (nSPS) is 20.1. The Morgan fingerprint density at radius 2 is 2.26 bits per heavy atom. The van der Waals surface area contributed by atoms with Gasteiger partial charge in [-0.15, -0.1) is 0 Å². The smallest absolute Gasteiger partial charge is 0.317 e. The predicted octanol–water partition coefficient (Wildman–Crippen LogP) is 1.13. The van der Waals surface area contributed by atoms with Gasteiger partial charge in [0.1, 0.15) is 0 Å². The van der Waals surface area contributed by atoms with Crippen molar-refractivity contribution >= 4 is 6.03 Å². The molecule has 1 aliphatic rings. The number of likely N-dealkylation sites (N-methyl/N-ethyl adjacent to an activating group) is 1. The summed E-state index contributed by atoms with van der Waals surface area (Å²) in [5, 5.41) is 12.1. The Kier molecular flexibility index (Phi) is 7.16. The van der Waals surface area contributed by atoms with Crippen molar-refractivity contribution in [3.8, 4) is 0 Å². The number of hydrogen-bond donors (Lipinski definition) is 2. The number of urea groups is 1. The molecule has 0 aliphatic carbocycles. The van der Waals surface area contributed by atoms with Gasteiger partial charge in [-0.25, -0.2) is 4.79 Å². The molecule has 5 nitrogen and oxygen atoms in total. The first-order valence-corrected chi connectivity index (χ1v) is 7.46. The van der Waals surface area contributed by atoms with E-state index in [9.17, 15) is 4.79 Å². The fourth-order valence-corrected chi connectivity index (χ4v) is 2.60. The van der Waals surface area contributed by atoms with Crippen LogP contribution in [0, 0.1) is 5.92 Å². The lowest BCUT2D eigenvalue weighted by molar-refractivity contribution is 0.128. The van der Waals surface area contributed by atoms with Crippen LogP contribution in [0.2, 0.25) is 0 Å². The molecule has 0 aromatic carbocycles. The molecular weight excluding hydrogens is 242 g/mol. The Hall–Kier alpha value is -0.810. The molecule has 5 heteroatoms. The number of likely N-dealkylation sites (tertiary alicyclic amines) is 1. The first kappa shape index (κ1) is 16.2. The average molecular weight is 271 g/mol. The second kappa shape index (κ2) is 8.38. The fourth-order valence-electron chi connectivity index (χ4n) is 2.60. The molecule has 0 radical (unpaired) electrons. The van der Waals surface area contributed by atoms with Gasteiger partial charge in [-0.1, -0.05) is 6.92 Å². The van der Waals surface area contributed by atoms with Gasteiger partial charge in [-0.2, -0.15) is 0 Å². The van der Waals surface area contributed by atoms with Crippen molar-refractivity contribution in [1.82, 2.24) is 15.1 Å². The highest BCUT2D eigenvalue weighted by Crippen LogP contribution is 2.15. The maximum atomic E-state index is 12.0. The lowest BCUT2D eigenvalue weighted by Gasteiger charge is -2.32. The van der Waals surface area contributed by atoms with Crippen molar-refractivity contribution in [2.45, 2.75) is 39.7 Å². The summed E-state index contributed by atoms with van der Waals surface area (Å²) >= 11 is 0. The summed E-state index contributed by atoms with van der Waals surface area (Å²) in [6.07, 6.45) is 2.02. The second-order valence-corrected chi connectivity index (χ2v) is 5.59. The lowest BCUT2D eigenvalue weighted by Crippen LogP contribution is -2.48. The van der Waals surface area contributed by atoms with E-state index in [1.54, 1.807) is 0 Å². The highest BCUT2D eigenvalue weighted by atomic mass is 16.3. The molecular formula is C14H29N3O2. The van der Waals surface area contributed by atoms with Crippen LogP contribution >= 0.6 is 0 Å². The number of amides is 2. The van der Waals surface area contributed by atoms with Gasteiger partial charge in [-0.05, 0) is 39.2 Å². The minimum Gasteiger partial charge on any atom is -0.396 e. The fraction of sp³-hybridized carbons (Fsp3) is 0.929. The van der Waals surface area contributed by atoms with E-state index in [2.05, 4.69) is 31.0 Å². The Balaban J connectivity index is 2.27. The summed E-state index contributed by atoms with van der Waals surface area (Å²) in [6, 6.07) is 0.522. The standard InChI is InChI=1S/C14H29N3O2/c1-4-16(12(2)3)9-7-15-14(19)17-8-5-6-13(10-17)11-18/h12-13,18H,4-11H2,1-3H3,(H,15,19). The summed E-state index contributed by atoms with van der Waals surface area (Å²) < 4.78 is 0. The molecule has 0 bridgehead atoms. The second-order valence-electron chi connectivity index (χ2n) is 5.59. The van der Waals surface area contributed by atoms with Crippen molar-refractivity contribution in [2.75, 3.05) is 39.3 Å². The van der Waals surface area contributed by atoms with Crippen LogP contribution in [0.5, 0.6) is 0 Å². The Morgan fingerprint density at radius 1 is 1.53 bits per heavy atom. The van der Waals surface area contributed by atoms with Crippen LogP contribution in [0.15, 0.2) is 0 Å². The number of piperidine rings is 1. The number of aliphatic hydroxyl groups is 1. The minimum absolute atomic E-state index is 0.0120. The maximum absolute atomic E-state index is 12.0. The first-order chi connectivity index (χ1) is 9.08. The molecule has 1 heterocycles. The van der Waals surface area contributed by atoms with Gasteiger partial charge in [0.15, 0.2) is 0 Å². The summed E-state index contributed by atoms with van der Waals surface area (Å²) in [4.78, 5) is 16.2. The zero-order valence-electron chi connectivity index (χ0n) is 12.6. The van der Waals surface area contributed by atoms with E-state index in [-0.39, 0.29) is 18.6 Å². The van der Waals surface area contributed by atoms with E-state index in [1.807, 2.05) is 4.90 Å². The van der Waals surface area contributed by atoms with Crippen molar-refractivity contribution in [3.05, 3.63) is 0 Å². The summed E-state index contributed by atoms with van der Waals surface area (Å²) in [5.41, 5.74) is 0. The molecule has 1 unspecified atom stereocenters. The van der Waals surface area contributed by atoms with E-state index >= 15 is 0 Å². The van der Waals surface area contributed by atoms with Crippen LogP contribution in [-0.2, 0) is 0 Å². The third kappa shape index (κ3) is 5.37. The van der Waals surface area contributed by atoms with Crippen molar-refractivity contribution in [2.24, 2.45) is 5.92 Å². The molecule has 1 aliphatic heterocycles. The van der Waals surface area contributed by atoms with Crippen LogP contribution in [-0.4, -0.2) is 66.3 Å². The molecule has 112 valence electrons. The first-order valence-electron chi connectivity index (χ1n) is 7.46. The van der Waals surface area contributed by atoms with Crippen molar-refractivity contribution < 1.29 is 9.90 Å². The Bertz CT molecular complexity index is 271. The molecule has 0 aromatic heterocycles. The summed E-state index contributed by atoms with van der Waals surface area (Å²) in [6.45, 7) is 10.7. The Labute approximate surface area is 117 Å². The van der Waals surface area contributed by atoms with E-state index in [0.29, 0.717) is 19.1 Å². The Morgan fingerprint density at radius 3 is 2.84 bits per heavy atom. The van der Waals surface area contributed by atoms with Crippen LogP contribution in [0.25, 0.3) is 0 Å². The number of rotatable bonds is 6. The van der Waals surface area contributed by atoms with Crippen LogP contribution < -0.4 is 5.32 Å².